The van der Waals surface area contributed by atoms with Crippen LogP contribution in [-0.2, 0) is 11.2 Å². The maximum absolute atomic E-state index is 13.0. The molecule has 1 saturated heterocycles. The molecule has 1 fully saturated rings. The van der Waals surface area contributed by atoms with E-state index >= 15 is 0 Å². The molecule has 0 aliphatic carbocycles. The van der Waals surface area contributed by atoms with Crippen molar-refractivity contribution in [2.45, 2.75) is 13.3 Å². The van der Waals surface area contributed by atoms with E-state index in [1.165, 1.54) is 23.1 Å². The largest absolute Gasteiger partial charge is 0.379 e. The number of aryl methyl sites for hydroxylation is 1. The number of hydrogen-bond donors (Lipinski definition) is 0. The van der Waals surface area contributed by atoms with E-state index in [1.54, 1.807) is 11.0 Å². The first-order chi connectivity index (χ1) is 13.2. The fraction of sp³-hybridized carbons (Fsp3) is 0.421. The number of anilines is 1. The monoisotopic (exact) mass is 422 g/mol. The molecule has 0 saturated carbocycles. The lowest BCUT2D eigenvalue weighted by atomic mass is 10.2. The number of ether oxygens (including phenoxy) is 1. The molecule has 1 aliphatic heterocycles. The van der Waals surface area contributed by atoms with Crippen LogP contribution in [0.4, 0.5) is 5.13 Å². The summed E-state index contributed by atoms with van der Waals surface area (Å²) in [4.78, 5) is 21.7. The minimum atomic E-state index is -0.212. The minimum absolute atomic E-state index is 0. The molecule has 7 nitrogen and oxygen atoms in total. The van der Waals surface area contributed by atoms with Gasteiger partial charge in [0.15, 0.2) is 5.13 Å². The number of thiazole rings is 1. The number of morpholine rings is 1. The number of aromatic nitrogens is 2. The van der Waals surface area contributed by atoms with E-state index in [-0.39, 0.29) is 24.1 Å². The third-order valence-corrected chi connectivity index (χ3v) is 5.76. The second kappa shape index (κ2) is 9.47. The molecule has 2 aromatic heterocycles. The fourth-order valence-corrected chi connectivity index (χ4v) is 4.16. The van der Waals surface area contributed by atoms with Crippen LogP contribution in [0.3, 0.4) is 0 Å². The van der Waals surface area contributed by atoms with Gasteiger partial charge in [-0.2, -0.15) is 0 Å². The summed E-state index contributed by atoms with van der Waals surface area (Å²) < 4.78 is 11.6. The van der Waals surface area contributed by atoms with Crippen molar-refractivity contribution in [3.8, 4) is 0 Å². The molecule has 9 heteroatoms. The van der Waals surface area contributed by atoms with Crippen molar-refractivity contribution < 1.29 is 14.1 Å². The summed E-state index contributed by atoms with van der Waals surface area (Å²) in [6.45, 7) is 6.66. The van der Waals surface area contributed by atoms with Gasteiger partial charge in [-0.05, 0) is 24.1 Å². The Hall–Kier alpha value is -2.00. The average Bonchev–Trinajstić information content (AvgIpc) is 3.38. The Kier molecular flexibility index (Phi) is 7.01. The SMILES string of the molecule is CCc1ccc2nc(N(CCN3CCOCC3)C(=O)c3ccno3)sc2c1.Cl. The van der Waals surface area contributed by atoms with Crippen molar-refractivity contribution in [2.75, 3.05) is 44.3 Å². The summed E-state index contributed by atoms with van der Waals surface area (Å²) in [6, 6.07) is 7.84. The highest BCUT2D eigenvalue weighted by atomic mass is 35.5. The lowest BCUT2D eigenvalue weighted by molar-refractivity contribution is 0.0390. The molecule has 0 atom stereocenters. The lowest BCUT2D eigenvalue weighted by Gasteiger charge is -2.28. The number of fused-ring (bicyclic) bond motifs is 1. The first-order valence-electron chi connectivity index (χ1n) is 9.16. The topological polar surface area (TPSA) is 71.7 Å². The highest BCUT2D eigenvalue weighted by Crippen LogP contribution is 2.30. The van der Waals surface area contributed by atoms with Gasteiger partial charge in [0.1, 0.15) is 0 Å². The second-order valence-electron chi connectivity index (χ2n) is 6.44. The van der Waals surface area contributed by atoms with E-state index in [9.17, 15) is 4.79 Å². The van der Waals surface area contributed by atoms with Gasteiger partial charge in [0.25, 0.3) is 5.91 Å². The number of halogens is 1. The van der Waals surface area contributed by atoms with Gasteiger partial charge in [0, 0.05) is 32.2 Å². The van der Waals surface area contributed by atoms with Crippen LogP contribution in [0.2, 0.25) is 0 Å². The molecule has 0 unspecified atom stereocenters. The average molecular weight is 423 g/mol. The van der Waals surface area contributed by atoms with E-state index in [0.717, 1.165) is 49.5 Å². The predicted molar refractivity (Wildman–Crippen MR) is 112 cm³/mol. The van der Waals surface area contributed by atoms with Crippen molar-refractivity contribution in [3.63, 3.8) is 0 Å². The number of carbonyl (C=O) groups excluding carboxylic acids is 1. The summed E-state index contributed by atoms with van der Waals surface area (Å²) in [6.07, 6.45) is 2.46. The molecule has 150 valence electrons. The zero-order valence-corrected chi connectivity index (χ0v) is 17.3. The summed E-state index contributed by atoms with van der Waals surface area (Å²) in [7, 11) is 0. The third kappa shape index (κ3) is 4.52. The van der Waals surface area contributed by atoms with Gasteiger partial charge in [0.05, 0.1) is 29.6 Å². The van der Waals surface area contributed by atoms with Gasteiger partial charge in [-0.3, -0.25) is 14.6 Å². The van der Waals surface area contributed by atoms with Gasteiger partial charge in [-0.15, -0.1) is 12.4 Å². The van der Waals surface area contributed by atoms with Gasteiger partial charge in [-0.1, -0.05) is 29.5 Å². The van der Waals surface area contributed by atoms with Crippen molar-refractivity contribution in [1.29, 1.82) is 0 Å². The Morgan fingerprint density at radius 1 is 1.29 bits per heavy atom. The molecule has 1 aliphatic rings. The summed E-state index contributed by atoms with van der Waals surface area (Å²) >= 11 is 1.54. The fourth-order valence-electron chi connectivity index (χ4n) is 3.10. The number of benzene rings is 1. The smallest absolute Gasteiger partial charge is 0.298 e. The predicted octanol–water partition coefficient (Wildman–Crippen LogP) is 3.25. The van der Waals surface area contributed by atoms with Crippen LogP contribution in [0.5, 0.6) is 0 Å². The van der Waals surface area contributed by atoms with Crippen LogP contribution in [0.25, 0.3) is 10.2 Å². The van der Waals surface area contributed by atoms with E-state index in [0.29, 0.717) is 11.7 Å². The number of hydrogen-bond acceptors (Lipinski definition) is 7. The van der Waals surface area contributed by atoms with Gasteiger partial charge in [-0.25, -0.2) is 4.98 Å². The molecule has 0 N–H and O–H groups in total. The molecule has 1 aromatic carbocycles. The summed E-state index contributed by atoms with van der Waals surface area (Å²) in [5, 5.41) is 4.36. The molecule has 28 heavy (non-hydrogen) atoms. The number of carbonyl (C=O) groups is 1. The van der Waals surface area contributed by atoms with Crippen LogP contribution in [-0.4, -0.2) is 60.3 Å². The zero-order chi connectivity index (χ0) is 18.6. The maximum atomic E-state index is 13.0. The number of nitrogens with zero attached hydrogens (tertiary/aromatic N) is 4. The Balaban J connectivity index is 0.00000225. The first-order valence-corrected chi connectivity index (χ1v) is 9.98. The Bertz CT molecular complexity index is 909. The summed E-state index contributed by atoms with van der Waals surface area (Å²) in [5.74, 6) is 0.0148. The summed E-state index contributed by atoms with van der Waals surface area (Å²) in [5.41, 5.74) is 2.17. The third-order valence-electron chi connectivity index (χ3n) is 4.72. The van der Waals surface area contributed by atoms with Crippen LogP contribution >= 0.6 is 23.7 Å². The van der Waals surface area contributed by atoms with Crippen molar-refractivity contribution >= 4 is 45.0 Å². The standard InChI is InChI=1S/C19H22N4O3S.ClH/c1-2-14-3-4-15-17(13-14)27-19(21-15)23(18(24)16-5-6-20-26-16)8-7-22-9-11-25-12-10-22;/h3-6,13H,2,7-12H2,1H3;1H. The lowest BCUT2D eigenvalue weighted by Crippen LogP contribution is -2.43. The molecule has 1 amide bonds. The van der Waals surface area contributed by atoms with E-state index in [4.69, 9.17) is 14.2 Å². The highest BCUT2D eigenvalue weighted by Gasteiger charge is 2.25. The van der Waals surface area contributed by atoms with Crippen molar-refractivity contribution in [1.82, 2.24) is 15.0 Å². The molecule has 0 spiro atoms. The number of amides is 1. The quantitative estimate of drug-likeness (QED) is 0.607. The van der Waals surface area contributed by atoms with Crippen LogP contribution in [0, 0.1) is 0 Å². The zero-order valence-electron chi connectivity index (χ0n) is 15.7. The molecule has 0 bridgehead atoms. The first kappa shape index (κ1) is 20.7. The minimum Gasteiger partial charge on any atom is -0.379 e. The number of rotatable bonds is 6. The Labute approximate surface area is 173 Å². The van der Waals surface area contributed by atoms with Crippen LogP contribution in [0.15, 0.2) is 35.0 Å². The van der Waals surface area contributed by atoms with Crippen molar-refractivity contribution in [3.05, 3.63) is 41.8 Å². The van der Waals surface area contributed by atoms with Gasteiger partial charge in [0.2, 0.25) is 5.76 Å². The molecular formula is C19H23ClN4O3S. The van der Waals surface area contributed by atoms with E-state index < -0.39 is 0 Å². The molecule has 3 aromatic rings. The van der Waals surface area contributed by atoms with Crippen LogP contribution < -0.4 is 4.90 Å². The Morgan fingerprint density at radius 2 is 2.11 bits per heavy atom. The van der Waals surface area contributed by atoms with Gasteiger partial charge < -0.3 is 9.26 Å². The maximum Gasteiger partial charge on any atom is 0.298 e. The Morgan fingerprint density at radius 3 is 2.82 bits per heavy atom. The van der Waals surface area contributed by atoms with E-state index in [2.05, 4.69) is 29.1 Å². The molecular weight excluding hydrogens is 400 g/mol. The van der Waals surface area contributed by atoms with Crippen LogP contribution in [0.1, 0.15) is 23.0 Å². The molecule has 4 rings (SSSR count). The highest BCUT2D eigenvalue weighted by molar-refractivity contribution is 7.22. The van der Waals surface area contributed by atoms with Gasteiger partial charge >= 0.3 is 0 Å². The molecule has 3 heterocycles. The normalized spacial score (nSPS) is 14.8. The van der Waals surface area contributed by atoms with Crippen molar-refractivity contribution in [2.24, 2.45) is 0 Å². The van der Waals surface area contributed by atoms with E-state index in [1.807, 2.05) is 6.07 Å². The second-order valence-corrected chi connectivity index (χ2v) is 7.45. The molecule has 0 radical (unpaired) electrons.